The predicted octanol–water partition coefficient (Wildman–Crippen LogP) is 3.04. The van der Waals surface area contributed by atoms with Gasteiger partial charge < -0.3 is 11.1 Å². The molecule has 0 aliphatic heterocycles. The van der Waals surface area contributed by atoms with E-state index in [0.717, 1.165) is 20.6 Å². The van der Waals surface area contributed by atoms with Crippen molar-refractivity contribution in [3.8, 4) is 0 Å². The summed E-state index contributed by atoms with van der Waals surface area (Å²) in [6.45, 7) is 1.98. The van der Waals surface area contributed by atoms with Crippen LogP contribution in [0.3, 0.4) is 0 Å². The van der Waals surface area contributed by atoms with Gasteiger partial charge >= 0.3 is 0 Å². The van der Waals surface area contributed by atoms with Crippen LogP contribution in [0.5, 0.6) is 0 Å². The van der Waals surface area contributed by atoms with Gasteiger partial charge in [-0.15, -0.1) is 12.4 Å². The Morgan fingerprint density at radius 3 is 2.78 bits per heavy atom. The lowest BCUT2D eigenvalue weighted by molar-refractivity contribution is -0.117. The van der Waals surface area contributed by atoms with Crippen LogP contribution in [0.15, 0.2) is 18.2 Å². The minimum absolute atomic E-state index is 0. The third-order valence-corrected chi connectivity index (χ3v) is 3.73. The van der Waals surface area contributed by atoms with Gasteiger partial charge in [0.25, 0.3) is 0 Å². The fourth-order valence-corrected chi connectivity index (χ4v) is 2.51. The van der Waals surface area contributed by atoms with Gasteiger partial charge in [-0.2, -0.15) is 11.8 Å². The molecule has 0 aliphatic rings. The Bertz CT molecular complexity index is 404. The number of thioether (sulfide) groups is 1. The van der Waals surface area contributed by atoms with Crippen LogP contribution < -0.4 is 11.1 Å². The average Bonchev–Trinajstić information content (AvgIpc) is 2.29. The quantitative estimate of drug-likeness (QED) is 0.747. The Hall–Kier alpha value is 0.0200. The zero-order chi connectivity index (χ0) is 12.8. The number of hydrogen-bond acceptors (Lipinski definition) is 3. The Balaban J connectivity index is 0.00000289. The van der Waals surface area contributed by atoms with Crippen LogP contribution in [0, 0.1) is 10.5 Å². The number of nitrogens with two attached hydrogens (primary N) is 1. The summed E-state index contributed by atoms with van der Waals surface area (Å²) in [5.74, 6) is 0.795. The van der Waals surface area contributed by atoms with Gasteiger partial charge in [0.15, 0.2) is 0 Å². The van der Waals surface area contributed by atoms with Gasteiger partial charge in [0, 0.05) is 9.26 Å². The SMILES string of the molecule is CSCC[C@H](N)C(=O)Nc1ccc(I)cc1C.Cl. The number of carbonyl (C=O) groups excluding carboxylic acids is 1. The molecule has 1 amide bonds. The summed E-state index contributed by atoms with van der Waals surface area (Å²) in [4.78, 5) is 11.8. The molecule has 1 rings (SSSR count). The number of amides is 1. The van der Waals surface area contributed by atoms with E-state index in [4.69, 9.17) is 5.73 Å². The lowest BCUT2D eigenvalue weighted by Gasteiger charge is -2.13. The van der Waals surface area contributed by atoms with Crippen LogP contribution in [0.2, 0.25) is 0 Å². The number of carbonyl (C=O) groups is 1. The highest BCUT2D eigenvalue weighted by molar-refractivity contribution is 14.1. The maximum absolute atomic E-state index is 11.8. The fraction of sp³-hybridized carbons (Fsp3) is 0.417. The molecule has 0 unspecified atom stereocenters. The third kappa shape index (κ3) is 5.77. The topological polar surface area (TPSA) is 55.1 Å². The van der Waals surface area contributed by atoms with Gasteiger partial charge in [-0.05, 0) is 71.7 Å². The van der Waals surface area contributed by atoms with Crippen molar-refractivity contribution in [2.75, 3.05) is 17.3 Å². The summed E-state index contributed by atoms with van der Waals surface area (Å²) in [5.41, 5.74) is 7.70. The van der Waals surface area contributed by atoms with E-state index in [0.29, 0.717) is 6.42 Å². The smallest absolute Gasteiger partial charge is 0.241 e. The van der Waals surface area contributed by atoms with Gasteiger partial charge in [0.2, 0.25) is 5.91 Å². The lowest BCUT2D eigenvalue weighted by atomic mass is 10.1. The molecule has 0 radical (unpaired) electrons. The first-order valence-corrected chi connectivity index (χ1v) is 7.83. The molecule has 0 fully saturated rings. The average molecular weight is 401 g/mol. The van der Waals surface area contributed by atoms with E-state index >= 15 is 0 Å². The zero-order valence-corrected chi connectivity index (χ0v) is 14.2. The van der Waals surface area contributed by atoms with Crippen LogP contribution in [-0.4, -0.2) is 24.0 Å². The fourth-order valence-electron chi connectivity index (χ4n) is 1.37. The molecule has 6 heteroatoms. The normalized spacial score (nSPS) is 11.6. The van der Waals surface area contributed by atoms with Crippen LogP contribution >= 0.6 is 46.8 Å². The molecule has 0 saturated carbocycles. The largest absolute Gasteiger partial charge is 0.324 e. The van der Waals surface area contributed by atoms with Gasteiger partial charge in [-0.1, -0.05) is 0 Å². The summed E-state index contributed by atoms with van der Waals surface area (Å²) >= 11 is 3.95. The third-order valence-electron chi connectivity index (χ3n) is 2.42. The molecule has 0 aliphatic carbocycles. The van der Waals surface area contributed by atoms with E-state index in [-0.39, 0.29) is 18.3 Å². The first kappa shape index (κ1) is 18.0. The van der Waals surface area contributed by atoms with Crippen molar-refractivity contribution in [2.45, 2.75) is 19.4 Å². The Morgan fingerprint density at radius 1 is 1.56 bits per heavy atom. The number of hydrogen-bond donors (Lipinski definition) is 2. The maximum atomic E-state index is 11.8. The summed E-state index contributed by atoms with van der Waals surface area (Å²) in [6, 6.07) is 5.48. The van der Waals surface area contributed by atoms with Gasteiger partial charge in [-0.3, -0.25) is 4.79 Å². The van der Waals surface area contributed by atoms with E-state index in [1.165, 1.54) is 0 Å². The second-order valence-corrected chi connectivity index (χ2v) is 6.07. The van der Waals surface area contributed by atoms with Crippen molar-refractivity contribution in [2.24, 2.45) is 5.73 Å². The minimum Gasteiger partial charge on any atom is -0.324 e. The Kier molecular flexibility index (Phi) is 9.02. The number of anilines is 1. The highest BCUT2D eigenvalue weighted by Gasteiger charge is 2.13. The molecule has 18 heavy (non-hydrogen) atoms. The van der Waals surface area contributed by atoms with E-state index in [2.05, 4.69) is 27.9 Å². The zero-order valence-electron chi connectivity index (χ0n) is 10.4. The highest BCUT2D eigenvalue weighted by Crippen LogP contribution is 2.18. The molecular weight excluding hydrogens is 383 g/mol. The molecule has 1 atom stereocenters. The molecule has 102 valence electrons. The summed E-state index contributed by atoms with van der Waals surface area (Å²) in [7, 11) is 0. The summed E-state index contributed by atoms with van der Waals surface area (Å²) in [5, 5.41) is 2.87. The second-order valence-electron chi connectivity index (χ2n) is 3.84. The number of rotatable bonds is 5. The minimum atomic E-state index is -0.430. The van der Waals surface area contributed by atoms with Gasteiger partial charge in [-0.25, -0.2) is 0 Å². The van der Waals surface area contributed by atoms with Crippen molar-refractivity contribution in [3.63, 3.8) is 0 Å². The molecule has 3 N–H and O–H groups in total. The first-order valence-electron chi connectivity index (χ1n) is 5.36. The summed E-state index contributed by atoms with van der Waals surface area (Å²) in [6.07, 6.45) is 2.71. The molecule has 3 nitrogen and oxygen atoms in total. The van der Waals surface area contributed by atoms with Crippen molar-refractivity contribution in [3.05, 3.63) is 27.3 Å². The van der Waals surface area contributed by atoms with Crippen molar-refractivity contribution < 1.29 is 4.79 Å². The van der Waals surface area contributed by atoms with Crippen molar-refractivity contribution in [1.82, 2.24) is 0 Å². The van der Waals surface area contributed by atoms with E-state index in [9.17, 15) is 4.79 Å². The number of benzene rings is 1. The van der Waals surface area contributed by atoms with E-state index < -0.39 is 6.04 Å². The standard InChI is InChI=1S/C12H17IN2OS.ClH/c1-8-7-9(13)3-4-11(8)15-12(16)10(14)5-6-17-2;/h3-4,7,10H,5-6,14H2,1-2H3,(H,15,16);1H/t10-;/m0./s1. The van der Waals surface area contributed by atoms with Crippen LogP contribution in [0.4, 0.5) is 5.69 Å². The van der Waals surface area contributed by atoms with Crippen molar-refractivity contribution in [1.29, 1.82) is 0 Å². The first-order chi connectivity index (χ1) is 8.04. The van der Waals surface area contributed by atoms with Crippen molar-refractivity contribution >= 4 is 58.4 Å². The molecule has 0 bridgehead atoms. The molecular formula is C12H18ClIN2OS. The van der Waals surface area contributed by atoms with E-state index in [1.54, 1.807) is 11.8 Å². The number of nitrogens with one attached hydrogen (secondary N) is 1. The lowest BCUT2D eigenvalue weighted by Crippen LogP contribution is -2.36. The van der Waals surface area contributed by atoms with Crippen LogP contribution in [-0.2, 0) is 4.79 Å². The van der Waals surface area contributed by atoms with Crippen LogP contribution in [0.1, 0.15) is 12.0 Å². The van der Waals surface area contributed by atoms with Gasteiger partial charge in [0.05, 0.1) is 6.04 Å². The van der Waals surface area contributed by atoms with Gasteiger partial charge in [0.1, 0.15) is 0 Å². The molecule has 0 aromatic heterocycles. The summed E-state index contributed by atoms with van der Waals surface area (Å²) < 4.78 is 1.16. The Morgan fingerprint density at radius 2 is 2.22 bits per heavy atom. The molecule has 0 spiro atoms. The molecule has 0 saturated heterocycles. The number of aryl methyl sites for hydroxylation is 1. The van der Waals surface area contributed by atoms with Crippen LogP contribution in [0.25, 0.3) is 0 Å². The molecule has 0 heterocycles. The Labute approximate surface area is 132 Å². The molecule has 1 aromatic rings. The molecule has 1 aromatic carbocycles. The predicted molar refractivity (Wildman–Crippen MR) is 90.7 cm³/mol. The number of halogens is 2. The second kappa shape index (κ2) is 9.01. The highest BCUT2D eigenvalue weighted by atomic mass is 127. The monoisotopic (exact) mass is 400 g/mol. The maximum Gasteiger partial charge on any atom is 0.241 e. The van der Waals surface area contributed by atoms with E-state index in [1.807, 2.05) is 31.4 Å².